The molecule has 1 saturated carbocycles. The molecule has 0 radical (unpaired) electrons. The van der Waals surface area contributed by atoms with E-state index in [-0.39, 0.29) is 5.91 Å². The normalized spacial score (nSPS) is 14.8. The van der Waals surface area contributed by atoms with Crippen LogP contribution in [0.25, 0.3) is 51.0 Å². The Labute approximate surface area is 250 Å². The number of hydrogen-bond acceptors (Lipinski definition) is 6. The number of carbonyl (C=O) groups excluding carboxylic acids is 1. The largest absolute Gasteiger partial charge is 0.336 e. The van der Waals surface area contributed by atoms with Crippen molar-refractivity contribution in [1.29, 1.82) is 0 Å². The molecule has 1 aliphatic carbocycles. The number of H-pyrrole nitrogens is 2. The lowest BCUT2D eigenvalue weighted by molar-refractivity contribution is -0.117. The molecule has 0 aliphatic heterocycles. The summed E-state index contributed by atoms with van der Waals surface area (Å²) in [6, 6.07) is 7.75. The summed E-state index contributed by atoms with van der Waals surface area (Å²) < 4.78 is 0. The van der Waals surface area contributed by atoms with E-state index in [1.165, 1.54) is 19.3 Å². The van der Waals surface area contributed by atoms with Crippen LogP contribution in [0.3, 0.4) is 0 Å². The second-order valence-electron chi connectivity index (χ2n) is 11.3. The number of allylic oxidation sites excluding steroid dienone is 2. The fraction of sp³-hybridized carbons (Fsp3) is 0.294. The number of aromatic nitrogens is 7. The maximum atomic E-state index is 12.8. The number of fused-ring (bicyclic) bond motifs is 1. The molecule has 0 unspecified atom stereocenters. The van der Waals surface area contributed by atoms with Gasteiger partial charge in [-0.2, -0.15) is 5.10 Å². The van der Waals surface area contributed by atoms with Crippen LogP contribution in [0.15, 0.2) is 61.3 Å². The van der Waals surface area contributed by atoms with E-state index in [1.807, 2.05) is 43.5 Å². The number of aromatic amines is 2. The van der Waals surface area contributed by atoms with E-state index < -0.39 is 0 Å². The van der Waals surface area contributed by atoms with Crippen molar-refractivity contribution < 1.29 is 4.79 Å². The molecule has 0 spiro atoms. The smallest absolute Gasteiger partial charge is 0.224 e. The topological polar surface area (TPSA) is 125 Å². The molecule has 1 amide bonds. The number of nitrogens with zero attached hydrogens (tertiary/aromatic N) is 5. The predicted molar refractivity (Wildman–Crippen MR) is 171 cm³/mol. The quantitative estimate of drug-likeness (QED) is 0.227. The molecule has 5 heterocycles. The Kier molecular flexibility index (Phi) is 8.22. The first kappa shape index (κ1) is 28.2. The summed E-state index contributed by atoms with van der Waals surface area (Å²) in [6.45, 7) is 6.10. The number of imidazole rings is 1. The lowest BCUT2D eigenvalue weighted by atomic mass is 9.87. The van der Waals surface area contributed by atoms with Gasteiger partial charge in [-0.3, -0.25) is 24.8 Å². The molecule has 5 aromatic rings. The summed E-state index contributed by atoms with van der Waals surface area (Å²) >= 11 is 0. The highest BCUT2D eigenvalue weighted by Crippen LogP contribution is 2.28. The van der Waals surface area contributed by atoms with Crippen LogP contribution in [0.5, 0.6) is 0 Å². The van der Waals surface area contributed by atoms with E-state index in [0.717, 1.165) is 62.4 Å². The zero-order valence-electron chi connectivity index (χ0n) is 24.8. The Morgan fingerprint density at radius 1 is 1.02 bits per heavy atom. The molecule has 218 valence electrons. The van der Waals surface area contributed by atoms with E-state index in [9.17, 15) is 4.79 Å². The molecule has 0 atom stereocenters. The molecular formula is C34H36N8O. The first-order valence-electron chi connectivity index (χ1n) is 14.9. The van der Waals surface area contributed by atoms with Gasteiger partial charge in [-0.1, -0.05) is 30.9 Å². The SMILES string of the molecule is C/C=C(\C=c1\c(-c2nc3c(-c4ccncc4)nccc3[nH]2)n[nH]c1=C(C)C)c1cncc(NC(=O)CC2CCCCC2)c1. The van der Waals surface area contributed by atoms with Crippen molar-refractivity contribution in [3.05, 3.63) is 77.5 Å². The third kappa shape index (κ3) is 6.16. The third-order valence-electron chi connectivity index (χ3n) is 8.05. The van der Waals surface area contributed by atoms with Gasteiger partial charge in [0.05, 0.1) is 28.4 Å². The number of carbonyl (C=O) groups is 1. The van der Waals surface area contributed by atoms with Gasteiger partial charge in [0.25, 0.3) is 0 Å². The van der Waals surface area contributed by atoms with E-state index in [0.29, 0.717) is 29.5 Å². The summed E-state index contributed by atoms with van der Waals surface area (Å²) in [5.74, 6) is 1.18. The number of nitrogens with one attached hydrogen (secondary N) is 3. The van der Waals surface area contributed by atoms with Crippen LogP contribution in [-0.4, -0.2) is 41.0 Å². The lowest BCUT2D eigenvalue weighted by Gasteiger charge is -2.20. The van der Waals surface area contributed by atoms with Crippen molar-refractivity contribution in [3.63, 3.8) is 0 Å². The van der Waals surface area contributed by atoms with Crippen LogP contribution in [0, 0.1) is 5.92 Å². The van der Waals surface area contributed by atoms with Gasteiger partial charge in [0, 0.05) is 47.6 Å². The van der Waals surface area contributed by atoms with Gasteiger partial charge in [-0.05, 0) is 75.4 Å². The van der Waals surface area contributed by atoms with Crippen LogP contribution < -0.4 is 15.9 Å². The molecule has 0 bridgehead atoms. The zero-order valence-corrected chi connectivity index (χ0v) is 24.8. The van der Waals surface area contributed by atoms with Gasteiger partial charge >= 0.3 is 0 Å². The van der Waals surface area contributed by atoms with Gasteiger partial charge in [0.1, 0.15) is 11.2 Å². The maximum Gasteiger partial charge on any atom is 0.224 e. The molecular weight excluding hydrogens is 536 g/mol. The van der Waals surface area contributed by atoms with Crippen molar-refractivity contribution >= 4 is 39.9 Å². The number of hydrogen-bond donors (Lipinski definition) is 3. The Balaban J connectivity index is 1.36. The monoisotopic (exact) mass is 572 g/mol. The van der Waals surface area contributed by atoms with E-state index >= 15 is 0 Å². The fourth-order valence-electron chi connectivity index (χ4n) is 5.84. The predicted octanol–water partition coefficient (Wildman–Crippen LogP) is 5.79. The Morgan fingerprint density at radius 2 is 1.84 bits per heavy atom. The summed E-state index contributed by atoms with van der Waals surface area (Å²) in [5.41, 5.74) is 7.72. The minimum atomic E-state index is 0.0537. The molecule has 0 saturated heterocycles. The van der Waals surface area contributed by atoms with Crippen molar-refractivity contribution in [1.82, 2.24) is 35.1 Å². The second-order valence-corrected chi connectivity index (χ2v) is 11.3. The van der Waals surface area contributed by atoms with Crippen molar-refractivity contribution in [2.45, 2.75) is 59.3 Å². The lowest BCUT2D eigenvalue weighted by Crippen LogP contribution is -2.26. The van der Waals surface area contributed by atoms with E-state index in [4.69, 9.17) is 10.1 Å². The molecule has 3 N–H and O–H groups in total. The Hall–Kier alpha value is -4.92. The minimum absolute atomic E-state index is 0.0537. The van der Waals surface area contributed by atoms with Crippen molar-refractivity contribution in [2.75, 3.05) is 5.32 Å². The minimum Gasteiger partial charge on any atom is -0.336 e. The summed E-state index contributed by atoms with van der Waals surface area (Å²) in [4.78, 5) is 34.4. The molecule has 9 nitrogen and oxygen atoms in total. The average molecular weight is 573 g/mol. The highest BCUT2D eigenvalue weighted by atomic mass is 16.1. The summed E-state index contributed by atoms with van der Waals surface area (Å²) in [7, 11) is 0. The van der Waals surface area contributed by atoms with Crippen LogP contribution in [-0.2, 0) is 4.79 Å². The molecule has 0 aromatic carbocycles. The van der Waals surface area contributed by atoms with Crippen molar-refractivity contribution in [2.24, 2.45) is 5.92 Å². The first-order chi connectivity index (χ1) is 21.0. The molecule has 1 aliphatic rings. The van der Waals surface area contributed by atoms with Gasteiger partial charge in [0.2, 0.25) is 5.91 Å². The number of pyridine rings is 3. The highest BCUT2D eigenvalue weighted by Gasteiger charge is 2.18. The maximum absolute atomic E-state index is 12.8. The van der Waals surface area contributed by atoms with Crippen LogP contribution in [0.2, 0.25) is 0 Å². The first-order valence-corrected chi connectivity index (χ1v) is 14.9. The van der Waals surface area contributed by atoms with Crippen LogP contribution >= 0.6 is 0 Å². The molecule has 5 aromatic heterocycles. The molecule has 1 fully saturated rings. The van der Waals surface area contributed by atoms with Crippen LogP contribution in [0.4, 0.5) is 5.69 Å². The van der Waals surface area contributed by atoms with Gasteiger partial charge in [-0.25, -0.2) is 4.98 Å². The highest BCUT2D eigenvalue weighted by molar-refractivity contribution is 5.94. The number of rotatable bonds is 7. The van der Waals surface area contributed by atoms with Crippen molar-refractivity contribution in [3.8, 4) is 22.8 Å². The number of anilines is 1. The molecule has 9 heteroatoms. The zero-order chi connectivity index (χ0) is 29.8. The molecule has 43 heavy (non-hydrogen) atoms. The van der Waals surface area contributed by atoms with Gasteiger partial charge in [-0.15, -0.1) is 0 Å². The Morgan fingerprint density at radius 3 is 2.60 bits per heavy atom. The molecule has 6 rings (SSSR count). The third-order valence-corrected chi connectivity index (χ3v) is 8.05. The average Bonchev–Trinajstić information content (AvgIpc) is 3.65. The van der Waals surface area contributed by atoms with Gasteiger partial charge in [0.15, 0.2) is 5.82 Å². The van der Waals surface area contributed by atoms with E-state index in [2.05, 4.69) is 50.3 Å². The standard InChI is InChI=1S/C34H36N8O/c1-4-23(25-17-26(20-36-19-25)38-29(43)16-22-8-6-5-7-9-22)18-27-30(21(2)3)41-42-32(27)34-39-28-12-15-37-31(33(28)40-34)24-10-13-35-14-11-24/h4,10-15,17-20,22,41H,5-9,16H2,1-3H3,(H,38,43)(H,39,40)/b23-4+,27-18+. The summed E-state index contributed by atoms with van der Waals surface area (Å²) in [5, 5.41) is 12.8. The summed E-state index contributed by atoms with van der Waals surface area (Å²) in [6.07, 6.45) is 19.5. The second kappa shape index (κ2) is 12.5. The van der Waals surface area contributed by atoms with E-state index in [1.54, 1.807) is 24.8 Å². The Bertz CT molecular complexity index is 1910. The number of amides is 1. The van der Waals surface area contributed by atoms with Crippen LogP contribution in [0.1, 0.15) is 64.9 Å². The van der Waals surface area contributed by atoms with Gasteiger partial charge < -0.3 is 10.3 Å². The fourth-order valence-corrected chi connectivity index (χ4v) is 5.84.